The van der Waals surface area contributed by atoms with Crippen LogP contribution in [0.3, 0.4) is 0 Å². The Kier molecular flexibility index (Phi) is 4.29. The van der Waals surface area contributed by atoms with E-state index in [4.69, 9.17) is 9.57 Å². The van der Waals surface area contributed by atoms with Crippen LogP contribution in [0.15, 0.2) is 33.9 Å². The van der Waals surface area contributed by atoms with Crippen molar-refractivity contribution in [3.05, 3.63) is 51.3 Å². The minimum atomic E-state index is -0.532. The number of methoxy groups -OCH3 is 1. The van der Waals surface area contributed by atoms with Gasteiger partial charge in [0.25, 0.3) is 0 Å². The van der Waals surface area contributed by atoms with Crippen molar-refractivity contribution in [1.29, 1.82) is 0 Å². The summed E-state index contributed by atoms with van der Waals surface area (Å²) in [6.07, 6.45) is 0.697. The largest absolute Gasteiger partial charge is 0.382 e. The van der Waals surface area contributed by atoms with Crippen LogP contribution in [0.25, 0.3) is 0 Å². The third kappa shape index (κ3) is 3.05. The van der Waals surface area contributed by atoms with Crippen LogP contribution >= 0.6 is 15.9 Å². The second-order valence-electron chi connectivity index (χ2n) is 6.09. The van der Waals surface area contributed by atoms with E-state index >= 15 is 0 Å². The van der Waals surface area contributed by atoms with E-state index in [1.807, 2.05) is 30.7 Å². The van der Waals surface area contributed by atoms with Crippen LogP contribution in [-0.4, -0.2) is 22.6 Å². The van der Waals surface area contributed by atoms with Crippen LogP contribution < -0.4 is 0 Å². The molecule has 6 heteroatoms. The van der Waals surface area contributed by atoms with Crippen molar-refractivity contribution >= 4 is 21.6 Å². The van der Waals surface area contributed by atoms with Gasteiger partial charge in [-0.05, 0) is 50.1 Å². The van der Waals surface area contributed by atoms with Crippen molar-refractivity contribution in [2.45, 2.75) is 39.5 Å². The van der Waals surface area contributed by atoms with E-state index in [2.05, 4.69) is 45.2 Å². The van der Waals surface area contributed by atoms with Crippen molar-refractivity contribution in [2.24, 2.45) is 5.16 Å². The molecule has 0 saturated carbocycles. The molecule has 5 nitrogen and oxygen atoms in total. The zero-order valence-electron chi connectivity index (χ0n) is 13.8. The molecule has 0 N–H and O–H groups in total. The maximum atomic E-state index is 5.82. The van der Waals surface area contributed by atoms with Gasteiger partial charge in [-0.25, -0.2) is 4.68 Å². The Hall–Kier alpha value is -1.66. The molecule has 1 unspecified atom stereocenters. The molecule has 1 aromatic heterocycles. The summed E-state index contributed by atoms with van der Waals surface area (Å²) < 4.78 is 8.16. The molecule has 0 aliphatic carbocycles. The third-order valence-electron chi connectivity index (χ3n) is 4.05. The fourth-order valence-corrected chi connectivity index (χ4v) is 3.09. The van der Waals surface area contributed by atoms with Gasteiger partial charge >= 0.3 is 0 Å². The summed E-state index contributed by atoms with van der Waals surface area (Å²) in [7, 11) is 1.66. The number of rotatable bonds is 4. The van der Waals surface area contributed by atoms with Crippen LogP contribution in [0, 0.1) is 13.8 Å². The number of aryl methyl sites for hydroxylation is 2. The number of ether oxygens (including phenoxy) is 1. The van der Waals surface area contributed by atoms with Gasteiger partial charge in [0.1, 0.15) is 6.73 Å². The van der Waals surface area contributed by atoms with E-state index in [0.29, 0.717) is 13.2 Å². The molecular weight excluding hydrogens is 358 g/mol. The monoisotopic (exact) mass is 377 g/mol. The van der Waals surface area contributed by atoms with Crippen molar-refractivity contribution in [1.82, 2.24) is 9.78 Å². The first-order valence-electron chi connectivity index (χ1n) is 7.48. The first-order valence-corrected chi connectivity index (χ1v) is 8.28. The summed E-state index contributed by atoms with van der Waals surface area (Å²) in [5.41, 5.74) is 4.60. The van der Waals surface area contributed by atoms with E-state index in [1.165, 1.54) is 5.56 Å². The molecule has 0 fully saturated rings. The zero-order chi connectivity index (χ0) is 16.6. The van der Waals surface area contributed by atoms with Gasteiger partial charge in [-0.2, -0.15) is 5.10 Å². The molecule has 3 rings (SSSR count). The van der Waals surface area contributed by atoms with Gasteiger partial charge in [0.15, 0.2) is 5.60 Å². The molecule has 122 valence electrons. The van der Waals surface area contributed by atoms with E-state index in [1.54, 1.807) is 7.11 Å². The molecule has 0 spiro atoms. The van der Waals surface area contributed by atoms with Crippen LogP contribution in [0.5, 0.6) is 0 Å². The number of aromatic nitrogens is 2. The molecule has 0 bridgehead atoms. The van der Waals surface area contributed by atoms with Gasteiger partial charge in [-0.15, -0.1) is 0 Å². The summed E-state index contributed by atoms with van der Waals surface area (Å²) >= 11 is 3.53. The van der Waals surface area contributed by atoms with Gasteiger partial charge < -0.3 is 9.57 Å². The third-order valence-corrected chi connectivity index (χ3v) is 4.94. The molecular formula is C17H20BrN3O2. The normalized spacial score (nSPS) is 20.5. The minimum absolute atomic E-state index is 0.398. The Morgan fingerprint density at radius 2 is 2.13 bits per heavy atom. The van der Waals surface area contributed by atoms with Gasteiger partial charge in [0.05, 0.1) is 17.1 Å². The predicted molar refractivity (Wildman–Crippen MR) is 92.4 cm³/mol. The molecule has 23 heavy (non-hydrogen) atoms. The number of hydrogen-bond donors (Lipinski definition) is 0. The molecule has 1 aliphatic rings. The highest BCUT2D eigenvalue weighted by Crippen LogP contribution is 2.36. The maximum absolute atomic E-state index is 5.82. The van der Waals surface area contributed by atoms with E-state index in [0.717, 1.165) is 27.1 Å². The van der Waals surface area contributed by atoms with E-state index in [9.17, 15) is 0 Å². The average molecular weight is 378 g/mol. The predicted octanol–water partition coefficient (Wildman–Crippen LogP) is 3.91. The van der Waals surface area contributed by atoms with Crippen LogP contribution in [0.1, 0.15) is 35.9 Å². The van der Waals surface area contributed by atoms with Crippen molar-refractivity contribution in [2.75, 3.05) is 7.11 Å². The lowest BCUT2D eigenvalue weighted by Crippen LogP contribution is -2.26. The number of halogens is 1. The number of hydrogen-bond acceptors (Lipinski definition) is 4. The molecule has 2 heterocycles. The maximum Gasteiger partial charge on any atom is 0.182 e. The summed E-state index contributed by atoms with van der Waals surface area (Å²) in [5.74, 6) is 0. The lowest BCUT2D eigenvalue weighted by molar-refractivity contribution is -0.0196. The molecule has 0 amide bonds. The number of oxime groups is 1. The molecule has 1 atom stereocenters. The topological polar surface area (TPSA) is 48.6 Å². The minimum Gasteiger partial charge on any atom is -0.382 e. The molecule has 0 saturated heterocycles. The number of benzene rings is 1. The molecule has 2 aromatic rings. The van der Waals surface area contributed by atoms with Crippen LogP contribution in [0.2, 0.25) is 0 Å². The Balaban J connectivity index is 1.88. The van der Waals surface area contributed by atoms with Crippen molar-refractivity contribution < 1.29 is 9.57 Å². The first-order chi connectivity index (χ1) is 10.9. The lowest BCUT2D eigenvalue weighted by Gasteiger charge is -2.22. The highest BCUT2D eigenvalue weighted by molar-refractivity contribution is 9.10. The van der Waals surface area contributed by atoms with Gasteiger partial charge in [0.2, 0.25) is 0 Å². The quantitative estimate of drug-likeness (QED) is 0.811. The molecule has 1 aliphatic heterocycles. The average Bonchev–Trinajstić information content (AvgIpc) is 3.07. The summed E-state index contributed by atoms with van der Waals surface area (Å²) in [5, 5.41) is 8.80. The smallest absolute Gasteiger partial charge is 0.182 e. The lowest BCUT2D eigenvalue weighted by atomic mass is 9.92. The van der Waals surface area contributed by atoms with E-state index < -0.39 is 5.60 Å². The first kappa shape index (κ1) is 16.2. The Morgan fingerprint density at radius 1 is 1.35 bits per heavy atom. The SMILES string of the molecule is COCn1nc(C)cc1C1(C)CC(c2ccc(Br)c(C)c2)=NO1. The summed E-state index contributed by atoms with van der Waals surface area (Å²) in [6, 6.07) is 8.25. The fraction of sp³-hybridized carbons (Fsp3) is 0.412. The highest BCUT2D eigenvalue weighted by Gasteiger charge is 2.39. The zero-order valence-corrected chi connectivity index (χ0v) is 15.3. The van der Waals surface area contributed by atoms with E-state index in [-0.39, 0.29) is 0 Å². The number of nitrogens with zero attached hydrogens (tertiary/aromatic N) is 3. The highest BCUT2D eigenvalue weighted by atomic mass is 79.9. The molecule has 1 aromatic carbocycles. The van der Waals surface area contributed by atoms with Crippen molar-refractivity contribution in [3.63, 3.8) is 0 Å². The summed E-state index contributed by atoms with van der Waals surface area (Å²) in [4.78, 5) is 5.82. The second-order valence-corrected chi connectivity index (χ2v) is 6.94. The van der Waals surface area contributed by atoms with Gasteiger partial charge in [0, 0.05) is 18.0 Å². The van der Waals surface area contributed by atoms with Crippen LogP contribution in [0.4, 0.5) is 0 Å². The fourth-order valence-electron chi connectivity index (χ4n) is 2.85. The summed E-state index contributed by atoms with van der Waals surface area (Å²) in [6.45, 7) is 6.47. The Labute approximate surface area is 144 Å². The second kappa shape index (κ2) is 6.09. The molecule has 0 radical (unpaired) electrons. The van der Waals surface area contributed by atoms with Gasteiger partial charge in [-0.1, -0.05) is 27.2 Å². The Bertz CT molecular complexity index is 769. The van der Waals surface area contributed by atoms with Gasteiger partial charge in [-0.3, -0.25) is 0 Å². The Morgan fingerprint density at radius 3 is 2.83 bits per heavy atom. The van der Waals surface area contributed by atoms with Crippen LogP contribution in [-0.2, 0) is 21.9 Å². The standard InChI is InChI=1S/C17H20BrN3O2/c1-11-7-13(5-6-14(11)18)15-9-17(3,23-20-15)16-8-12(2)19-21(16)10-22-4/h5-8H,9-10H2,1-4H3. The van der Waals surface area contributed by atoms with Crippen molar-refractivity contribution in [3.8, 4) is 0 Å².